The Labute approximate surface area is 254 Å². The lowest BCUT2D eigenvalue weighted by atomic mass is 9.35. The lowest BCUT2D eigenvalue weighted by Crippen LogP contribution is -2.64. The number of Topliss-reactive ketones (excluding diaryl/α,β-unsaturated/α-hetero) is 1. The van der Waals surface area contributed by atoms with Crippen LogP contribution in [0.25, 0.3) is 0 Å². The maximum absolute atomic E-state index is 14.1. The van der Waals surface area contributed by atoms with Gasteiger partial charge in [-0.1, -0.05) is 46.3 Å². The molecule has 10 atom stereocenters. The third-order valence-corrected chi connectivity index (χ3v) is 13.9. The van der Waals surface area contributed by atoms with Gasteiger partial charge in [-0.3, -0.25) is 9.59 Å². The van der Waals surface area contributed by atoms with Crippen LogP contribution in [-0.4, -0.2) is 37.5 Å². The molecule has 0 aromatic carbocycles. The first-order chi connectivity index (χ1) is 20.3. The zero-order valence-electron chi connectivity index (χ0n) is 26.7. The van der Waals surface area contributed by atoms with Crippen molar-refractivity contribution in [3.05, 3.63) is 47.1 Å². The molecule has 3 fully saturated rings. The van der Waals surface area contributed by atoms with Gasteiger partial charge in [-0.25, -0.2) is 4.79 Å². The van der Waals surface area contributed by atoms with Crippen LogP contribution in [0.15, 0.2) is 45.8 Å². The SMILES string of the molecule is COC(=O)[C@]12CC[C@@H](C)[C@H](C)[C@H]1C1=CC[C@@H]3[C@@]4(C)CC(=O)[C@H](OC(=O)c5ccco5)[C@@]5(C)COC(=C45)C[C@@]3(C)[C@]1(C)CC2. The largest absolute Gasteiger partial charge is 0.497 e. The Morgan fingerprint density at radius 1 is 1.02 bits per heavy atom. The number of rotatable bonds is 3. The summed E-state index contributed by atoms with van der Waals surface area (Å²) in [7, 11) is 1.54. The average molecular weight is 591 g/mol. The van der Waals surface area contributed by atoms with Crippen LogP contribution < -0.4 is 0 Å². The van der Waals surface area contributed by atoms with Gasteiger partial charge in [0.1, 0.15) is 6.61 Å². The fourth-order valence-electron chi connectivity index (χ4n) is 11.5. The molecule has 0 radical (unpaired) electrons. The molecular weight excluding hydrogens is 544 g/mol. The molecule has 7 nitrogen and oxygen atoms in total. The molecule has 43 heavy (non-hydrogen) atoms. The number of methoxy groups -OCH3 is 1. The van der Waals surface area contributed by atoms with Gasteiger partial charge in [0.05, 0.1) is 30.0 Å². The van der Waals surface area contributed by atoms with Crippen molar-refractivity contribution in [2.24, 2.45) is 50.7 Å². The second kappa shape index (κ2) is 9.10. The van der Waals surface area contributed by atoms with E-state index in [0.717, 1.165) is 44.3 Å². The number of carbonyl (C=O) groups is 3. The van der Waals surface area contributed by atoms with E-state index in [2.05, 4.69) is 40.7 Å². The smallest absolute Gasteiger partial charge is 0.374 e. The fourth-order valence-corrected chi connectivity index (χ4v) is 11.5. The summed E-state index contributed by atoms with van der Waals surface area (Å²) < 4.78 is 23.3. The standard InChI is InChI=1S/C36H46O7/c1-20-12-13-36(31(39)40-7)15-14-34(5)22(27(36)21(20)2)10-11-26-32(3)17-23(37)29(43-30(38)24-9-8-16-41-24)33(4)19-42-25(28(32)33)18-35(26,34)6/h8-10,16,20-21,26-27,29H,11-15,17-19H2,1-7H3/t20-,21+,26-,27+,29+,32-,33+,34-,35-,36+/m1/s1. The summed E-state index contributed by atoms with van der Waals surface area (Å²) in [6.07, 6.45) is 8.58. The molecule has 7 heteroatoms. The third kappa shape index (κ3) is 3.45. The van der Waals surface area contributed by atoms with Crippen molar-refractivity contribution >= 4 is 17.7 Å². The highest BCUT2D eigenvalue weighted by molar-refractivity contribution is 5.93. The van der Waals surface area contributed by atoms with Crippen molar-refractivity contribution in [2.45, 2.75) is 92.6 Å². The highest BCUT2D eigenvalue weighted by Crippen LogP contribution is 2.76. The van der Waals surface area contributed by atoms with Crippen molar-refractivity contribution in [2.75, 3.05) is 13.7 Å². The third-order valence-electron chi connectivity index (χ3n) is 13.9. The Morgan fingerprint density at radius 2 is 1.79 bits per heavy atom. The van der Waals surface area contributed by atoms with Gasteiger partial charge in [-0.2, -0.15) is 0 Å². The number of furan rings is 1. The van der Waals surface area contributed by atoms with Gasteiger partial charge >= 0.3 is 11.9 Å². The molecule has 2 heterocycles. The molecule has 0 spiro atoms. The Bertz CT molecular complexity index is 1450. The fraction of sp³-hybridized carbons (Fsp3) is 0.694. The van der Waals surface area contributed by atoms with Gasteiger partial charge in [-0.05, 0) is 91.2 Å². The molecule has 6 aliphatic rings. The molecule has 5 aliphatic carbocycles. The molecule has 0 saturated heterocycles. The van der Waals surface area contributed by atoms with Gasteiger partial charge in [0, 0.05) is 18.3 Å². The first-order valence-corrected chi connectivity index (χ1v) is 16.2. The molecule has 0 bridgehead atoms. The van der Waals surface area contributed by atoms with Crippen LogP contribution in [0, 0.1) is 50.7 Å². The van der Waals surface area contributed by atoms with E-state index in [1.54, 1.807) is 19.2 Å². The topological polar surface area (TPSA) is 92.0 Å². The number of carbonyl (C=O) groups excluding carboxylic acids is 3. The molecule has 232 valence electrons. The van der Waals surface area contributed by atoms with Crippen molar-refractivity contribution in [3.63, 3.8) is 0 Å². The molecule has 1 aromatic heterocycles. The molecule has 0 N–H and O–H groups in total. The van der Waals surface area contributed by atoms with E-state index in [0.29, 0.717) is 24.9 Å². The predicted octanol–water partition coefficient (Wildman–Crippen LogP) is 7.07. The lowest BCUT2D eigenvalue weighted by Gasteiger charge is -2.68. The number of hydrogen-bond donors (Lipinski definition) is 0. The molecule has 1 aromatic rings. The highest BCUT2D eigenvalue weighted by atomic mass is 16.6. The summed E-state index contributed by atoms with van der Waals surface area (Å²) >= 11 is 0. The number of ketones is 1. The van der Waals surface area contributed by atoms with E-state index in [9.17, 15) is 14.4 Å². The summed E-state index contributed by atoms with van der Waals surface area (Å²) in [6, 6.07) is 3.20. The summed E-state index contributed by atoms with van der Waals surface area (Å²) in [5.74, 6) is 1.63. The minimum absolute atomic E-state index is 0.0463. The van der Waals surface area contributed by atoms with Gasteiger partial charge in [-0.15, -0.1) is 0 Å². The second-order valence-corrected chi connectivity index (χ2v) is 15.7. The van der Waals surface area contributed by atoms with Crippen LogP contribution in [0.1, 0.15) is 97.0 Å². The van der Waals surface area contributed by atoms with Crippen LogP contribution in [0.3, 0.4) is 0 Å². The minimum Gasteiger partial charge on any atom is -0.497 e. The van der Waals surface area contributed by atoms with Crippen LogP contribution in [0.4, 0.5) is 0 Å². The summed E-state index contributed by atoms with van der Waals surface area (Å²) in [5.41, 5.74) is 0.656. The maximum atomic E-state index is 14.1. The van der Waals surface area contributed by atoms with E-state index in [1.807, 2.05) is 6.92 Å². The van der Waals surface area contributed by atoms with E-state index < -0.39 is 28.3 Å². The Hall–Kier alpha value is -2.83. The highest BCUT2D eigenvalue weighted by Gasteiger charge is 2.72. The van der Waals surface area contributed by atoms with Crippen molar-refractivity contribution in [1.29, 1.82) is 0 Å². The number of allylic oxidation sites excluding steroid dienone is 3. The first kappa shape index (κ1) is 28.9. The van der Waals surface area contributed by atoms with Crippen molar-refractivity contribution < 1.29 is 33.0 Å². The van der Waals surface area contributed by atoms with Gasteiger partial charge in [0.25, 0.3) is 0 Å². The van der Waals surface area contributed by atoms with Crippen LogP contribution in [0.2, 0.25) is 0 Å². The van der Waals surface area contributed by atoms with E-state index in [-0.39, 0.29) is 40.2 Å². The van der Waals surface area contributed by atoms with Crippen LogP contribution in [-0.2, 0) is 23.8 Å². The molecule has 0 amide bonds. The Kier molecular flexibility index (Phi) is 6.12. The normalized spacial score (nSPS) is 46.4. The molecular formula is C36H46O7. The Balaban J connectivity index is 1.30. The summed E-state index contributed by atoms with van der Waals surface area (Å²) in [4.78, 5) is 40.6. The lowest BCUT2D eigenvalue weighted by molar-refractivity contribution is -0.173. The average Bonchev–Trinajstić information content (AvgIpc) is 3.62. The minimum atomic E-state index is -0.916. The monoisotopic (exact) mass is 590 g/mol. The van der Waals surface area contributed by atoms with Crippen molar-refractivity contribution in [3.8, 4) is 0 Å². The van der Waals surface area contributed by atoms with Gasteiger partial charge < -0.3 is 18.6 Å². The van der Waals surface area contributed by atoms with E-state index in [1.165, 1.54) is 17.4 Å². The molecule has 1 aliphatic heterocycles. The quantitative estimate of drug-likeness (QED) is 0.275. The zero-order valence-corrected chi connectivity index (χ0v) is 26.7. The van der Waals surface area contributed by atoms with Gasteiger partial charge in [0.15, 0.2) is 11.9 Å². The molecule has 0 unspecified atom stereocenters. The molecule has 7 rings (SSSR count). The number of esters is 2. The van der Waals surface area contributed by atoms with Crippen LogP contribution in [0.5, 0.6) is 0 Å². The second-order valence-electron chi connectivity index (χ2n) is 15.7. The van der Waals surface area contributed by atoms with E-state index in [4.69, 9.17) is 18.6 Å². The first-order valence-electron chi connectivity index (χ1n) is 16.2. The van der Waals surface area contributed by atoms with Gasteiger partial charge in [0.2, 0.25) is 5.76 Å². The summed E-state index contributed by atoms with van der Waals surface area (Å²) in [6.45, 7) is 14.1. The zero-order chi connectivity index (χ0) is 30.7. The molecule has 3 saturated carbocycles. The Morgan fingerprint density at radius 3 is 2.49 bits per heavy atom. The number of fused-ring (bicyclic) bond motifs is 6. The van der Waals surface area contributed by atoms with E-state index >= 15 is 0 Å². The number of hydrogen-bond acceptors (Lipinski definition) is 7. The number of ether oxygens (including phenoxy) is 3. The predicted molar refractivity (Wildman–Crippen MR) is 158 cm³/mol. The van der Waals surface area contributed by atoms with Crippen molar-refractivity contribution in [1.82, 2.24) is 0 Å². The maximum Gasteiger partial charge on any atom is 0.374 e. The van der Waals surface area contributed by atoms with Crippen LogP contribution >= 0.6 is 0 Å². The summed E-state index contributed by atoms with van der Waals surface area (Å²) in [5, 5.41) is 0.